The van der Waals surface area contributed by atoms with Crippen molar-refractivity contribution in [2.24, 2.45) is 5.92 Å². The Morgan fingerprint density at radius 1 is 1.26 bits per heavy atom. The first-order valence-electron chi connectivity index (χ1n) is 7.36. The van der Waals surface area contributed by atoms with Gasteiger partial charge in [-0.3, -0.25) is 9.59 Å². The second kappa shape index (κ2) is 6.89. The summed E-state index contributed by atoms with van der Waals surface area (Å²) in [5.41, 5.74) is 1.54. The highest BCUT2D eigenvalue weighted by molar-refractivity contribution is 7.20. The highest BCUT2D eigenvalue weighted by atomic mass is 32.1. The molecule has 0 radical (unpaired) electrons. The number of nitrogens with zero attached hydrogens (tertiary/aromatic N) is 1. The van der Waals surface area contributed by atoms with Crippen LogP contribution in [0.4, 0.5) is 10.1 Å². The third kappa shape index (κ3) is 3.75. The molecular weight excluding hydrogens is 314 g/mol. The Morgan fingerprint density at radius 3 is 2.70 bits per heavy atom. The topological polar surface area (TPSA) is 80.3 Å². The number of anilines is 2. The number of benzene rings is 1. The second-order valence-electron chi connectivity index (χ2n) is 5.29. The van der Waals surface area contributed by atoms with Gasteiger partial charge >= 0.3 is 0 Å². The van der Waals surface area contributed by atoms with Crippen LogP contribution in [-0.4, -0.2) is 30.0 Å². The zero-order valence-corrected chi connectivity index (χ0v) is 13.5. The Balaban J connectivity index is 1.85. The molecule has 1 saturated heterocycles. The fourth-order valence-electron chi connectivity index (χ4n) is 2.36. The molecule has 0 saturated carbocycles. The van der Waals surface area contributed by atoms with Gasteiger partial charge in [0.2, 0.25) is 11.8 Å². The van der Waals surface area contributed by atoms with E-state index in [4.69, 9.17) is 4.74 Å². The number of carbonyl (C=O) groups excluding carboxylic acids is 2. The summed E-state index contributed by atoms with van der Waals surface area (Å²) < 4.78 is 5.23. The highest BCUT2D eigenvalue weighted by Crippen LogP contribution is 2.36. The largest absolute Gasteiger partial charge is 0.381 e. The van der Waals surface area contributed by atoms with Crippen LogP contribution < -0.4 is 10.6 Å². The van der Waals surface area contributed by atoms with Crippen LogP contribution in [0.2, 0.25) is 0 Å². The number of nitrogens with one attached hydrogen (secondary N) is 2. The number of thiazole rings is 1. The molecule has 6 nitrogen and oxygen atoms in total. The lowest BCUT2D eigenvalue weighted by Crippen LogP contribution is -2.22. The molecule has 1 atom stereocenters. The summed E-state index contributed by atoms with van der Waals surface area (Å²) in [7, 11) is 0. The molecule has 1 aliphatic heterocycles. The summed E-state index contributed by atoms with van der Waals surface area (Å²) in [6, 6.07) is 9.55. The SMILES string of the molecule is CC(=O)Nc1sc(NC(=O)C2CCOC2)nc1-c1ccccc1. The number of amides is 2. The fraction of sp³-hybridized carbons (Fsp3) is 0.312. The van der Waals surface area contributed by atoms with Crippen LogP contribution in [-0.2, 0) is 14.3 Å². The quantitative estimate of drug-likeness (QED) is 0.903. The van der Waals surface area contributed by atoms with Gasteiger partial charge in [-0.2, -0.15) is 0 Å². The van der Waals surface area contributed by atoms with E-state index >= 15 is 0 Å². The van der Waals surface area contributed by atoms with Gasteiger partial charge in [0.25, 0.3) is 0 Å². The van der Waals surface area contributed by atoms with Gasteiger partial charge in [-0.25, -0.2) is 4.98 Å². The van der Waals surface area contributed by atoms with E-state index in [1.807, 2.05) is 30.3 Å². The maximum atomic E-state index is 12.2. The molecule has 2 N–H and O–H groups in total. The van der Waals surface area contributed by atoms with Crippen LogP contribution in [0, 0.1) is 5.92 Å². The fourth-order valence-corrected chi connectivity index (χ4v) is 3.30. The third-order valence-electron chi connectivity index (χ3n) is 3.49. The minimum atomic E-state index is -0.173. The van der Waals surface area contributed by atoms with Gasteiger partial charge in [-0.05, 0) is 6.42 Å². The monoisotopic (exact) mass is 331 g/mol. The first-order chi connectivity index (χ1) is 11.1. The van der Waals surface area contributed by atoms with Crippen LogP contribution in [0.5, 0.6) is 0 Å². The number of carbonyl (C=O) groups is 2. The molecular formula is C16H17N3O3S. The second-order valence-corrected chi connectivity index (χ2v) is 6.29. The van der Waals surface area contributed by atoms with Gasteiger partial charge in [-0.15, -0.1) is 0 Å². The number of rotatable bonds is 4. The Labute approximate surface area is 137 Å². The van der Waals surface area contributed by atoms with Crippen molar-refractivity contribution in [3.8, 4) is 11.3 Å². The van der Waals surface area contributed by atoms with Gasteiger partial charge in [0.15, 0.2) is 5.13 Å². The van der Waals surface area contributed by atoms with E-state index in [1.165, 1.54) is 18.3 Å². The predicted molar refractivity (Wildman–Crippen MR) is 89.4 cm³/mol. The summed E-state index contributed by atoms with van der Waals surface area (Å²) in [5.74, 6) is -0.401. The van der Waals surface area contributed by atoms with E-state index < -0.39 is 0 Å². The molecule has 1 aromatic carbocycles. The van der Waals surface area contributed by atoms with Crippen LogP contribution in [0.15, 0.2) is 30.3 Å². The lowest BCUT2D eigenvalue weighted by Gasteiger charge is -2.05. The molecule has 2 amide bonds. The minimum absolute atomic E-state index is 0.0924. The maximum absolute atomic E-state index is 12.2. The minimum Gasteiger partial charge on any atom is -0.381 e. The number of aromatic nitrogens is 1. The first kappa shape index (κ1) is 15.6. The molecule has 120 valence electrons. The molecule has 1 aromatic heterocycles. The number of ether oxygens (including phenoxy) is 1. The van der Waals surface area contributed by atoms with Crippen LogP contribution in [0.1, 0.15) is 13.3 Å². The zero-order chi connectivity index (χ0) is 16.2. The average molecular weight is 331 g/mol. The van der Waals surface area contributed by atoms with Crippen molar-refractivity contribution in [3.05, 3.63) is 30.3 Å². The summed E-state index contributed by atoms with van der Waals surface area (Å²) >= 11 is 1.25. The van der Waals surface area contributed by atoms with Gasteiger partial charge < -0.3 is 15.4 Å². The summed E-state index contributed by atoms with van der Waals surface area (Å²) in [6.07, 6.45) is 0.724. The lowest BCUT2D eigenvalue weighted by atomic mass is 10.1. The lowest BCUT2D eigenvalue weighted by molar-refractivity contribution is -0.119. The van der Waals surface area contributed by atoms with E-state index in [9.17, 15) is 9.59 Å². The van der Waals surface area contributed by atoms with Crippen molar-refractivity contribution in [2.45, 2.75) is 13.3 Å². The van der Waals surface area contributed by atoms with Crippen LogP contribution >= 0.6 is 11.3 Å². The Bertz CT molecular complexity index is 709. The summed E-state index contributed by atoms with van der Waals surface area (Å²) in [4.78, 5) is 28.1. The van der Waals surface area contributed by atoms with E-state index in [0.29, 0.717) is 29.0 Å². The smallest absolute Gasteiger partial charge is 0.231 e. The van der Waals surface area contributed by atoms with E-state index in [0.717, 1.165) is 12.0 Å². The summed E-state index contributed by atoms with van der Waals surface area (Å²) in [5, 5.41) is 6.70. The number of hydrogen-bond donors (Lipinski definition) is 2. The normalized spacial score (nSPS) is 17.0. The number of hydrogen-bond acceptors (Lipinski definition) is 5. The molecule has 1 fully saturated rings. The van der Waals surface area contributed by atoms with Crippen molar-refractivity contribution in [1.82, 2.24) is 4.98 Å². The predicted octanol–water partition coefficient (Wildman–Crippen LogP) is 2.74. The molecule has 0 spiro atoms. The van der Waals surface area contributed by atoms with E-state index in [-0.39, 0.29) is 17.7 Å². The highest BCUT2D eigenvalue weighted by Gasteiger charge is 2.25. The Kier molecular flexibility index (Phi) is 4.68. The van der Waals surface area contributed by atoms with Gasteiger partial charge in [0.05, 0.1) is 12.5 Å². The molecule has 0 aliphatic carbocycles. The standard InChI is InChI=1S/C16H17N3O3S/c1-10(20)17-15-13(11-5-3-2-4-6-11)18-16(23-15)19-14(21)12-7-8-22-9-12/h2-6,12H,7-9H2,1H3,(H,17,20)(H,18,19,21). The van der Waals surface area contributed by atoms with Crippen molar-refractivity contribution in [3.63, 3.8) is 0 Å². The molecule has 1 unspecified atom stereocenters. The van der Waals surface area contributed by atoms with Gasteiger partial charge in [0.1, 0.15) is 10.7 Å². The molecule has 2 aromatic rings. The van der Waals surface area contributed by atoms with E-state index in [2.05, 4.69) is 15.6 Å². The Hall–Kier alpha value is -2.25. The molecule has 2 heterocycles. The van der Waals surface area contributed by atoms with Crippen molar-refractivity contribution in [2.75, 3.05) is 23.8 Å². The maximum Gasteiger partial charge on any atom is 0.231 e. The molecule has 1 aliphatic rings. The Morgan fingerprint density at radius 2 is 2.04 bits per heavy atom. The van der Waals surface area contributed by atoms with Crippen molar-refractivity contribution in [1.29, 1.82) is 0 Å². The average Bonchev–Trinajstić information content (AvgIpc) is 3.17. The molecule has 0 bridgehead atoms. The zero-order valence-electron chi connectivity index (χ0n) is 12.7. The van der Waals surface area contributed by atoms with Gasteiger partial charge in [0, 0.05) is 19.1 Å². The molecule has 3 rings (SSSR count). The van der Waals surface area contributed by atoms with Crippen molar-refractivity contribution >= 4 is 33.3 Å². The van der Waals surface area contributed by atoms with E-state index in [1.54, 1.807) is 0 Å². The summed E-state index contributed by atoms with van der Waals surface area (Å²) in [6.45, 7) is 2.51. The molecule has 7 heteroatoms. The van der Waals surface area contributed by atoms with Crippen LogP contribution in [0.25, 0.3) is 11.3 Å². The third-order valence-corrected chi connectivity index (χ3v) is 4.38. The molecule has 23 heavy (non-hydrogen) atoms. The van der Waals surface area contributed by atoms with Crippen LogP contribution in [0.3, 0.4) is 0 Å². The first-order valence-corrected chi connectivity index (χ1v) is 8.17. The van der Waals surface area contributed by atoms with Gasteiger partial charge in [-0.1, -0.05) is 41.7 Å². The van der Waals surface area contributed by atoms with Crippen molar-refractivity contribution < 1.29 is 14.3 Å².